The van der Waals surface area contributed by atoms with Crippen molar-refractivity contribution in [2.75, 3.05) is 6.54 Å². The van der Waals surface area contributed by atoms with E-state index in [0.717, 1.165) is 5.56 Å². The Kier molecular flexibility index (Phi) is 4.61. The van der Waals surface area contributed by atoms with Crippen molar-refractivity contribution in [1.29, 1.82) is 0 Å². The maximum atomic E-state index is 12.1. The summed E-state index contributed by atoms with van der Waals surface area (Å²) >= 11 is 0. The minimum absolute atomic E-state index is 0.0888. The van der Waals surface area contributed by atoms with Crippen LogP contribution in [0.15, 0.2) is 59.4 Å². The number of pyridine rings is 1. The van der Waals surface area contributed by atoms with Gasteiger partial charge in [0, 0.05) is 11.9 Å². The van der Waals surface area contributed by atoms with Crippen LogP contribution in [0, 0.1) is 0 Å². The number of fused-ring (bicyclic) bond motifs is 1. The SMILES string of the molecule is O=C(Cc1c(O)c2ccccc2[nH]c1=O)NCCc1ccccc1. The first-order chi connectivity index (χ1) is 11.6. The highest BCUT2D eigenvalue weighted by Gasteiger charge is 2.14. The Hall–Kier alpha value is -3.08. The van der Waals surface area contributed by atoms with Crippen LogP contribution in [-0.4, -0.2) is 22.5 Å². The van der Waals surface area contributed by atoms with Gasteiger partial charge in [-0.25, -0.2) is 0 Å². The maximum absolute atomic E-state index is 12.1. The van der Waals surface area contributed by atoms with Crippen molar-refractivity contribution in [3.8, 4) is 5.75 Å². The number of benzene rings is 2. The van der Waals surface area contributed by atoms with Gasteiger partial charge in [0.2, 0.25) is 5.91 Å². The highest BCUT2D eigenvalue weighted by molar-refractivity contribution is 5.88. The summed E-state index contributed by atoms with van der Waals surface area (Å²) in [6.07, 6.45) is 0.563. The molecule has 0 unspecified atom stereocenters. The molecule has 5 heteroatoms. The van der Waals surface area contributed by atoms with Gasteiger partial charge in [-0.3, -0.25) is 9.59 Å². The molecule has 0 aliphatic rings. The number of amides is 1. The molecule has 3 N–H and O–H groups in total. The number of para-hydroxylation sites is 1. The van der Waals surface area contributed by atoms with Crippen molar-refractivity contribution in [3.63, 3.8) is 0 Å². The highest BCUT2D eigenvalue weighted by atomic mass is 16.3. The molecule has 0 radical (unpaired) electrons. The highest BCUT2D eigenvalue weighted by Crippen LogP contribution is 2.24. The van der Waals surface area contributed by atoms with Crippen LogP contribution in [0.25, 0.3) is 10.9 Å². The van der Waals surface area contributed by atoms with Gasteiger partial charge in [0.1, 0.15) is 5.75 Å². The summed E-state index contributed by atoms with van der Waals surface area (Å²) in [5.41, 5.74) is 1.33. The van der Waals surface area contributed by atoms with Gasteiger partial charge in [0.25, 0.3) is 5.56 Å². The van der Waals surface area contributed by atoms with Gasteiger partial charge in [-0.1, -0.05) is 42.5 Å². The van der Waals surface area contributed by atoms with E-state index in [-0.39, 0.29) is 23.6 Å². The van der Waals surface area contributed by atoms with Gasteiger partial charge in [-0.15, -0.1) is 0 Å². The molecule has 122 valence electrons. The van der Waals surface area contributed by atoms with Gasteiger partial charge in [-0.2, -0.15) is 0 Å². The van der Waals surface area contributed by atoms with Crippen molar-refractivity contribution >= 4 is 16.8 Å². The minimum atomic E-state index is -0.440. The van der Waals surface area contributed by atoms with Crippen molar-refractivity contribution in [2.45, 2.75) is 12.8 Å². The topological polar surface area (TPSA) is 82.2 Å². The first kappa shape index (κ1) is 15.8. The lowest BCUT2D eigenvalue weighted by Gasteiger charge is -2.08. The maximum Gasteiger partial charge on any atom is 0.255 e. The lowest BCUT2D eigenvalue weighted by atomic mass is 10.1. The quantitative estimate of drug-likeness (QED) is 0.673. The number of rotatable bonds is 5. The Morgan fingerprint density at radius 3 is 2.54 bits per heavy atom. The van der Waals surface area contributed by atoms with Gasteiger partial charge in [0.15, 0.2) is 0 Å². The van der Waals surface area contributed by atoms with Gasteiger partial charge in [-0.05, 0) is 24.1 Å². The normalized spacial score (nSPS) is 10.7. The summed E-state index contributed by atoms with van der Waals surface area (Å²) in [5, 5.41) is 13.6. The predicted octanol–water partition coefficient (Wildman–Crippen LogP) is 2.14. The van der Waals surface area contributed by atoms with Gasteiger partial charge in [0.05, 0.1) is 17.5 Å². The smallest absolute Gasteiger partial charge is 0.255 e. The Balaban J connectivity index is 1.68. The van der Waals surface area contributed by atoms with Crippen LogP contribution in [0.5, 0.6) is 5.75 Å². The summed E-state index contributed by atoms with van der Waals surface area (Å²) in [5.74, 6) is -0.422. The van der Waals surface area contributed by atoms with Crippen molar-refractivity contribution in [3.05, 3.63) is 76.1 Å². The number of aromatic nitrogens is 1. The average molecular weight is 322 g/mol. The fraction of sp³-hybridized carbons (Fsp3) is 0.158. The third kappa shape index (κ3) is 3.46. The van der Waals surface area contributed by atoms with Crippen LogP contribution < -0.4 is 10.9 Å². The number of aromatic amines is 1. The second kappa shape index (κ2) is 7.00. The zero-order chi connectivity index (χ0) is 16.9. The summed E-state index contributed by atoms with van der Waals surface area (Å²) in [6, 6.07) is 16.8. The first-order valence-corrected chi connectivity index (χ1v) is 7.78. The van der Waals surface area contributed by atoms with Crippen LogP contribution in [0.2, 0.25) is 0 Å². The van der Waals surface area contributed by atoms with Crippen LogP contribution in [0.3, 0.4) is 0 Å². The summed E-state index contributed by atoms with van der Waals surface area (Å²) in [7, 11) is 0. The summed E-state index contributed by atoms with van der Waals surface area (Å²) in [6.45, 7) is 0.481. The largest absolute Gasteiger partial charge is 0.507 e. The molecule has 0 aliphatic carbocycles. The molecular formula is C19H18N2O3. The Morgan fingerprint density at radius 1 is 1.04 bits per heavy atom. The molecule has 1 aromatic heterocycles. The van der Waals surface area contributed by atoms with E-state index in [1.54, 1.807) is 24.3 Å². The molecule has 0 saturated heterocycles. The molecular weight excluding hydrogens is 304 g/mol. The van der Waals surface area contributed by atoms with Gasteiger partial charge >= 0.3 is 0 Å². The predicted molar refractivity (Wildman–Crippen MR) is 93.1 cm³/mol. The zero-order valence-corrected chi connectivity index (χ0v) is 13.1. The fourth-order valence-corrected chi connectivity index (χ4v) is 2.64. The van der Waals surface area contributed by atoms with Gasteiger partial charge < -0.3 is 15.4 Å². The number of hydrogen-bond donors (Lipinski definition) is 3. The number of carbonyl (C=O) groups excluding carboxylic acids is 1. The van der Waals surface area contributed by atoms with E-state index in [0.29, 0.717) is 23.9 Å². The second-order valence-electron chi connectivity index (χ2n) is 5.59. The zero-order valence-electron chi connectivity index (χ0n) is 13.1. The lowest BCUT2D eigenvalue weighted by Crippen LogP contribution is -2.29. The van der Waals surface area contributed by atoms with Crippen LogP contribution in [0.1, 0.15) is 11.1 Å². The molecule has 5 nitrogen and oxygen atoms in total. The van der Waals surface area contributed by atoms with E-state index in [1.165, 1.54) is 0 Å². The van der Waals surface area contributed by atoms with Crippen molar-refractivity contribution < 1.29 is 9.90 Å². The molecule has 0 fully saturated rings. The number of H-pyrrole nitrogens is 1. The standard InChI is InChI=1S/C19H18N2O3/c22-17(20-11-10-13-6-2-1-3-7-13)12-15-18(23)14-8-4-5-9-16(14)21-19(15)24/h1-9H,10-12H2,(H,20,22)(H2,21,23,24). The molecule has 0 bridgehead atoms. The molecule has 0 saturated carbocycles. The lowest BCUT2D eigenvalue weighted by molar-refractivity contribution is -0.120. The minimum Gasteiger partial charge on any atom is -0.507 e. The van der Waals surface area contributed by atoms with E-state index in [1.807, 2.05) is 30.3 Å². The summed E-state index contributed by atoms with van der Waals surface area (Å²) in [4.78, 5) is 26.8. The fourth-order valence-electron chi connectivity index (χ4n) is 2.64. The van der Waals surface area contributed by atoms with Crippen molar-refractivity contribution in [2.24, 2.45) is 0 Å². The van der Waals surface area contributed by atoms with E-state index in [2.05, 4.69) is 10.3 Å². The van der Waals surface area contributed by atoms with Crippen LogP contribution in [0.4, 0.5) is 0 Å². The Labute approximate surface area is 139 Å². The number of hydrogen-bond acceptors (Lipinski definition) is 3. The third-order valence-corrected chi connectivity index (χ3v) is 3.91. The van der Waals surface area contributed by atoms with Crippen LogP contribution >= 0.6 is 0 Å². The molecule has 24 heavy (non-hydrogen) atoms. The molecule has 2 aromatic carbocycles. The number of nitrogens with one attached hydrogen (secondary N) is 2. The Bertz CT molecular complexity index is 917. The molecule has 3 aromatic rings. The molecule has 1 heterocycles. The molecule has 0 aliphatic heterocycles. The summed E-state index contributed by atoms with van der Waals surface area (Å²) < 4.78 is 0. The molecule has 0 spiro atoms. The third-order valence-electron chi connectivity index (χ3n) is 3.91. The van der Waals surface area contributed by atoms with Crippen molar-refractivity contribution in [1.82, 2.24) is 10.3 Å². The van der Waals surface area contributed by atoms with E-state index < -0.39 is 5.56 Å². The average Bonchev–Trinajstić information content (AvgIpc) is 2.59. The molecule has 0 atom stereocenters. The number of carbonyl (C=O) groups is 1. The molecule has 1 amide bonds. The second-order valence-corrected chi connectivity index (χ2v) is 5.59. The molecule has 3 rings (SSSR count). The van der Waals surface area contributed by atoms with E-state index in [4.69, 9.17) is 0 Å². The monoisotopic (exact) mass is 322 g/mol. The van der Waals surface area contributed by atoms with E-state index in [9.17, 15) is 14.7 Å². The number of aromatic hydroxyl groups is 1. The van der Waals surface area contributed by atoms with Crippen LogP contribution in [-0.2, 0) is 17.6 Å². The Morgan fingerprint density at radius 2 is 1.75 bits per heavy atom. The van der Waals surface area contributed by atoms with E-state index >= 15 is 0 Å². The first-order valence-electron chi connectivity index (χ1n) is 7.78.